The summed E-state index contributed by atoms with van der Waals surface area (Å²) in [5.74, 6) is 0.0609. The molecule has 0 aliphatic carbocycles. The Labute approximate surface area is 133 Å². The summed E-state index contributed by atoms with van der Waals surface area (Å²) in [6.45, 7) is 1.99. The van der Waals surface area contributed by atoms with Gasteiger partial charge >= 0.3 is 0 Å². The largest absolute Gasteiger partial charge is 0.294 e. The van der Waals surface area contributed by atoms with Gasteiger partial charge in [0.1, 0.15) is 0 Å². The van der Waals surface area contributed by atoms with E-state index in [-0.39, 0.29) is 24.4 Å². The van der Waals surface area contributed by atoms with Crippen LogP contribution < -0.4 is 0 Å². The molecule has 0 atom stereocenters. The fourth-order valence-corrected chi connectivity index (χ4v) is 3.40. The molecule has 2 aromatic carbocycles. The highest BCUT2D eigenvalue weighted by molar-refractivity contribution is 7.17. The predicted octanol–water partition coefficient (Wildman–Crippen LogP) is 5.06. The first-order valence-electron chi connectivity index (χ1n) is 7.24. The highest BCUT2D eigenvalue weighted by atomic mass is 32.1. The van der Waals surface area contributed by atoms with Gasteiger partial charge in [0, 0.05) is 39.4 Å². The Bertz CT molecular complexity index is 828. The van der Waals surface area contributed by atoms with Gasteiger partial charge in [-0.15, -0.1) is 11.3 Å². The molecule has 0 saturated carbocycles. The summed E-state index contributed by atoms with van der Waals surface area (Å²) in [7, 11) is 0. The first-order valence-corrected chi connectivity index (χ1v) is 8.12. The lowest BCUT2D eigenvalue weighted by Gasteiger charge is -2.02. The summed E-state index contributed by atoms with van der Waals surface area (Å²) in [6.07, 6.45) is 0.513. The number of aryl methyl sites for hydroxylation is 1. The number of carbonyl (C=O) groups is 2. The normalized spacial score (nSPS) is 10.8. The van der Waals surface area contributed by atoms with Crippen LogP contribution in [0.2, 0.25) is 0 Å². The molecule has 0 fully saturated rings. The van der Waals surface area contributed by atoms with Crippen LogP contribution in [0.5, 0.6) is 0 Å². The van der Waals surface area contributed by atoms with E-state index in [0.717, 1.165) is 21.2 Å². The minimum Gasteiger partial charge on any atom is -0.294 e. The third-order valence-electron chi connectivity index (χ3n) is 3.73. The molecule has 0 radical (unpaired) electrons. The van der Waals surface area contributed by atoms with E-state index in [4.69, 9.17) is 0 Å². The van der Waals surface area contributed by atoms with Crippen molar-refractivity contribution in [1.29, 1.82) is 0 Å². The van der Waals surface area contributed by atoms with Gasteiger partial charge in [0.2, 0.25) is 0 Å². The zero-order valence-electron chi connectivity index (χ0n) is 12.3. The molecule has 0 aliphatic heterocycles. The molecule has 0 bridgehead atoms. The summed E-state index contributed by atoms with van der Waals surface area (Å²) < 4.78 is 1.11. The molecule has 0 amide bonds. The number of benzene rings is 2. The van der Waals surface area contributed by atoms with Gasteiger partial charge in [-0.1, -0.05) is 48.0 Å². The molecule has 2 nitrogen and oxygen atoms in total. The van der Waals surface area contributed by atoms with Crippen molar-refractivity contribution in [3.8, 4) is 0 Å². The molecule has 3 aromatic rings. The van der Waals surface area contributed by atoms with Crippen molar-refractivity contribution < 1.29 is 9.59 Å². The lowest BCUT2D eigenvalue weighted by atomic mass is 10.0. The number of thiophene rings is 1. The van der Waals surface area contributed by atoms with E-state index >= 15 is 0 Å². The molecule has 1 aromatic heterocycles. The average molecular weight is 308 g/mol. The van der Waals surface area contributed by atoms with E-state index in [2.05, 4.69) is 0 Å². The number of Topliss-reactive ketones (excluding diaryl/α,β-unsaturated/α-hetero) is 2. The summed E-state index contributed by atoms with van der Waals surface area (Å²) in [5.41, 5.74) is 2.53. The molecular formula is C19H16O2S. The van der Waals surface area contributed by atoms with Crippen LogP contribution in [0, 0.1) is 6.92 Å². The molecule has 110 valence electrons. The Hall–Kier alpha value is -2.26. The van der Waals surface area contributed by atoms with Gasteiger partial charge < -0.3 is 0 Å². The van der Waals surface area contributed by atoms with Gasteiger partial charge in [0.25, 0.3) is 0 Å². The summed E-state index contributed by atoms with van der Waals surface area (Å²) in [4.78, 5) is 24.5. The third kappa shape index (κ3) is 3.00. The third-order valence-corrected chi connectivity index (χ3v) is 4.70. The smallest absolute Gasteiger partial charge is 0.164 e. The van der Waals surface area contributed by atoms with Gasteiger partial charge in [-0.05, 0) is 13.0 Å². The molecule has 1 heterocycles. The van der Waals surface area contributed by atoms with Gasteiger partial charge in [-0.3, -0.25) is 9.59 Å². The first-order chi connectivity index (χ1) is 10.6. The number of ketones is 2. The van der Waals surface area contributed by atoms with Crippen LogP contribution in [0.15, 0.2) is 53.9 Å². The summed E-state index contributed by atoms with van der Waals surface area (Å²) >= 11 is 1.57. The van der Waals surface area contributed by atoms with Gasteiger partial charge in [-0.2, -0.15) is 0 Å². The number of fused-ring (bicyclic) bond motifs is 1. The molecule has 0 saturated heterocycles. The Balaban J connectivity index is 1.70. The van der Waals surface area contributed by atoms with E-state index in [1.807, 2.05) is 60.8 Å². The second-order valence-corrected chi connectivity index (χ2v) is 6.27. The highest BCUT2D eigenvalue weighted by Crippen LogP contribution is 2.27. The monoisotopic (exact) mass is 308 g/mol. The second-order valence-electron chi connectivity index (χ2n) is 5.36. The highest BCUT2D eigenvalue weighted by Gasteiger charge is 2.14. The van der Waals surface area contributed by atoms with E-state index in [0.29, 0.717) is 5.56 Å². The number of hydrogen-bond acceptors (Lipinski definition) is 3. The second kappa shape index (κ2) is 6.24. The maximum Gasteiger partial charge on any atom is 0.164 e. The Morgan fingerprint density at radius 1 is 0.909 bits per heavy atom. The molecule has 3 heteroatoms. The zero-order chi connectivity index (χ0) is 15.5. The Morgan fingerprint density at radius 3 is 2.36 bits per heavy atom. The average Bonchev–Trinajstić information content (AvgIpc) is 2.97. The maximum atomic E-state index is 12.4. The lowest BCUT2D eigenvalue weighted by molar-refractivity contribution is 0.0918. The van der Waals surface area contributed by atoms with E-state index in [1.165, 1.54) is 0 Å². The van der Waals surface area contributed by atoms with Gasteiger partial charge in [0.15, 0.2) is 11.6 Å². The fourth-order valence-electron chi connectivity index (χ4n) is 2.44. The van der Waals surface area contributed by atoms with Crippen molar-refractivity contribution in [2.24, 2.45) is 0 Å². The van der Waals surface area contributed by atoms with Crippen LogP contribution in [0.25, 0.3) is 10.1 Å². The number of rotatable bonds is 5. The van der Waals surface area contributed by atoms with Crippen LogP contribution in [0.1, 0.15) is 39.1 Å². The lowest BCUT2D eigenvalue weighted by Crippen LogP contribution is -2.04. The van der Waals surface area contributed by atoms with Crippen molar-refractivity contribution in [2.75, 3.05) is 0 Å². The minimum absolute atomic E-state index is 0.0212. The van der Waals surface area contributed by atoms with E-state index < -0.39 is 0 Å². The fraction of sp³-hybridized carbons (Fsp3) is 0.158. The van der Waals surface area contributed by atoms with Crippen molar-refractivity contribution >= 4 is 33.0 Å². The van der Waals surface area contributed by atoms with Crippen LogP contribution >= 0.6 is 11.3 Å². The summed E-state index contributed by atoms with van der Waals surface area (Å²) in [5, 5.41) is 2.88. The van der Waals surface area contributed by atoms with Crippen LogP contribution in [0.4, 0.5) is 0 Å². The van der Waals surface area contributed by atoms with E-state index in [9.17, 15) is 9.59 Å². The maximum absolute atomic E-state index is 12.4. The van der Waals surface area contributed by atoms with Crippen molar-refractivity contribution in [3.63, 3.8) is 0 Å². The molecule has 0 unspecified atom stereocenters. The van der Waals surface area contributed by atoms with Crippen molar-refractivity contribution in [3.05, 3.63) is 70.6 Å². The standard InChI is InChI=1S/C19H16O2S/c1-13-6-8-14(9-7-13)17(20)10-11-18(21)16-12-22-19-5-3-2-4-15(16)19/h2-9,12H,10-11H2,1H3. The van der Waals surface area contributed by atoms with Crippen LogP contribution in [-0.4, -0.2) is 11.6 Å². The van der Waals surface area contributed by atoms with Crippen LogP contribution in [-0.2, 0) is 0 Å². The molecule has 0 aliphatic rings. The van der Waals surface area contributed by atoms with E-state index in [1.54, 1.807) is 11.3 Å². The Kier molecular flexibility index (Phi) is 4.16. The molecular weight excluding hydrogens is 292 g/mol. The number of hydrogen-bond donors (Lipinski definition) is 0. The molecule has 0 N–H and O–H groups in total. The van der Waals surface area contributed by atoms with Crippen LogP contribution in [0.3, 0.4) is 0 Å². The van der Waals surface area contributed by atoms with Gasteiger partial charge in [0.05, 0.1) is 0 Å². The number of carbonyl (C=O) groups excluding carboxylic acids is 2. The SMILES string of the molecule is Cc1ccc(C(=O)CCC(=O)c2csc3ccccc23)cc1. The first kappa shape index (κ1) is 14.7. The Morgan fingerprint density at radius 2 is 1.59 bits per heavy atom. The minimum atomic E-state index is 0.0212. The molecule has 3 rings (SSSR count). The van der Waals surface area contributed by atoms with Crippen molar-refractivity contribution in [2.45, 2.75) is 19.8 Å². The zero-order valence-corrected chi connectivity index (χ0v) is 13.2. The predicted molar refractivity (Wildman–Crippen MR) is 90.9 cm³/mol. The topological polar surface area (TPSA) is 34.1 Å². The molecule has 22 heavy (non-hydrogen) atoms. The molecule has 0 spiro atoms. The van der Waals surface area contributed by atoms with Gasteiger partial charge in [-0.25, -0.2) is 0 Å². The summed E-state index contributed by atoms with van der Waals surface area (Å²) in [6, 6.07) is 15.3. The van der Waals surface area contributed by atoms with Crippen molar-refractivity contribution in [1.82, 2.24) is 0 Å². The quantitative estimate of drug-likeness (QED) is 0.618.